The Morgan fingerprint density at radius 1 is 0.706 bits per heavy atom. The van der Waals surface area contributed by atoms with Crippen LogP contribution in [-0.2, 0) is 9.59 Å². The highest BCUT2D eigenvalue weighted by Crippen LogP contribution is 2.33. The molecule has 0 saturated carbocycles. The van der Waals surface area contributed by atoms with Crippen LogP contribution in [0.5, 0.6) is 0 Å². The third kappa shape index (κ3) is 7.86. The molecule has 7 nitrogen and oxygen atoms in total. The highest BCUT2D eigenvalue weighted by Gasteiger charge is 2.11. The number of carbonyl (C=O) groups is 2. The second-order valence-corrected chi connectivity index (χ2v) is 7.84. The van der Waals surface area contributed by atoms with Crippen molar-refractivity contribution in [1.29, 1.82) is 0 Å². The van der Waals surface area contributed by atoms with E-state index >= 15 is 0 Å². The Hall–Kier alpha value is -3.97. The zero-order valence-corrected chi connectivity index (χ0v) is 19.1. The van der Waals surface area contributed by atoms with E-state index in [1.807, 2.05) is 60.7 Å². The van der Waals surface area contributed by atoms with Crippen LogP contribution in [-0.4, -0.2) is 23.2 Å². The Balaban J connectivity index is 1.51. The molecule has 0 radical (unpaired) electrons. The van der Waals surface area contributed by atoms with Crippen LogP contribution in [0.2, 0.25) is 0 Å². The molecular weight excluding hydrogens is 428 g/mol. The van der Waals surface area contributed by atoms with Gasteiger partial charge in [0, 0.05) is 29.9 Å². The van der Waals surface area contributed by atoms with Crippen LogP contribution in [0.25, 0.3) is 0 Å². The molecule has 0 aromatic heterocycles. The second-order valence-electron chi connectivity index (χ2n) is 7.84. The molecule has 0 spiro atoms. The lowest BCUT2D eigenvalue weighted by Gasteiger charge is -2.25. The molecule has 0 saturated heterocycles. The number of rotatable bonds is 12. The Labute approximate surface area is 200 Å². The number of carbonyl (C=O) groups excluding carboxylic acids is 2. The van der Waals surface area contributed by atoms with Crippen molar-refractivity contribution >= 4 is 35.1 Å². The Bertz CT molecular complexity index is 1010. The molecule has 0 atom stereocenters. The van der Waals surface area contributed by atoms with E-state index in [-0.39, 0.29) is 11.8 Å². The van der Waals surface area contributed by atoms with Crippen molar-refractivity contribution in [2.75, 3.05) is 4.90 Å². The van der Waals surface area contributed by atoms with Gasteiger partial charge in [-0.2, -0.15) is 5.10 Å². The molecule has 0 heterocycles. The van der Waals surface area contributed by atoms with Gasteiger partial charge >= 0.3 is 0 Å². The quantitative estimate of drug-likeness (QED) is 0.146. The summed E-state index contributed by atoms with van der Waals surface area (Å²) < 4.78 is 0. The van der Waals surface area contributed by atoms with Crippen LogP contribution >= 0.6 is 0 Å². The number of anilines is 3. The summed E-state index contributed by atoms with van der Waals surface area (Å²) in [5, 5.41) is 12.5. The molecule has 3 N–H and O–H groups in total. The number of benzene rings is 3. The maximum atomic E-state index is 11.9. The Kier molecular flexibility index (Phi) is 9.83. The number of amides is 2. The van der Waals surface area contributed by atoms with Gasteiger partial charge in [-0.25, -0.2) is 10.9 Å². The van der Waals surface area contributed by atoms with Gasteiger partial charge in [0.1, 0.15) is 0 Å². The SMILES string of the molecule is O=C(CCCCCCC(=O)NN=Cc1ccc(N(c2ccccc2)c2ccccc2)cc1)NO. The highest BCUT2D eigenvalue weighted by molar-refractivity contribution is 5.84. The van der Waals surface area contributed by atoms with E-state index in [4.69, 9.17) is 5.21 Å². The smallest absolute Gasteiger partial charge is 0.243 e. The van der Waals surface area contributed by atoms with Gasteiger partial charge < -0.3 is 4.90 Å². The van der Waals surface area contributed by atoms with Gasteiger partial charge in [0.25, 0.3) is 0 Å². The van der Waals surface area contributed by atoms with Crippen molar-refractivity contribution in [3.8, 4) is 0 Å². The number of para-hydroxylation sites is 2. The van der Waals surface area contributed by atoms with Gasteiger partial charge in [-0.05, 0) is 54.8 Å². The van der Waals surface area contributed by atoms with Gasteiger partial charge in [0.15, 0.2) is 0 Å². The number of hydroxylamine groups is 1. The van der Waals surface area contributed by atoms with Crippen molar-refractivity contribution in [1.82, 2.24) is 10.9 Å². The zero-order chi connectivity index (χ0) is 24.0. The minimum absolute atomic E-state index is 0.139. The average Bonchev–Trinajstić information content (AvgIpc) is 2.88. The molecule has 34 heavy (non-hydrogen) atoms. The number of nitrogens with zero attached hydrogens (tertiary/aromatic N) is 2. The van der Waals surface area contributed by atoms with Crippen molar-refractivity contribution < 1.29 is 14.8 Å². The predicted octanol–water partition coefficient (Wildman–Crippen LogP) is 5.45. The second kappa shape index (κ2) is 13.5. The molecule has 3 rings (SSSR count). The number of hydrazone groups is 1. The first-order valence-corrected chi connectivity index (χ1v) is 11.4. The lowest BCUT2D eigenvalue weighted by molar-refractivity contribution is -0.129. The molecule has 0 unspecified atom stereocenters. The number of unbranched alkanes of at least 4 members (excludes halogenated alkanes) is 3. The van der Waals surface area contributed by atoms with Crippen molar-refractivity contribution in [2.45, 2.75) is 38.5 Å². The van der Waals surface area contributed by atoms with Gasteiger partial charge in [-0.3, -0.25) is 14.8 Å². The maximum Gasteiger partial charge on any atom is 0.243 e. The summed E-state index contributed by atoms with van der Waals surface area (Å²) in [5.41, 5.74) is 8.22. The molecule has 0 aliphatic heterocycles. The maximum absolute atomic E-state index is 11.9. The number of hydrogen-bond donors (Lipinski definition) is 3. The molecule has 7 heteroatoms. The summed E-state index contributed by atoms with van der Waals surface area (Å²) in [7, 11) is 0. The molecule has 0 aliphatic carbocycles. The summed E-state index contributed by atoms with van der Waals surface area (Å²) in [6.45, 7) is 0. The standard InChI is InChI=1S/C27H30N4O3/c32-26(15-9-1-2-10-16-27(33)30-34)29-28-21-22-17-19-25(20-18-22)31(23-11-5-3-6-12-23)24-13-7-4-8-14-24/h3-8,11-14,17-21,34H,1-2,9-10,15-16H2,(H,29,32)(H,30,33). The van der Waals surface area contributed by atoms with E-state index in [1.54, 1.807) is 11.7 Å². The molecule has 176 valence electrons. The van der Waals surface area contributed by atoms with E-state index in [0.717, 1.165) is 41.9 Å². The van der Waals surface area contributed by atoms with E-state index in [9.17, 15) is 9.59 Å². The van der Waals surface area contributed by atoms with E-state index < -0.39 is 0 Å². The van der Waals surface area contributed by atoms with Gasteiger partial charge in [-0.1, -0.05) is 61.4 Å². The van der Waals surface area contributed by atoms with Crippen molar-refractivity contribution in [2.24, 2.45) is 5.10 Å². The molecule has 0 fully saturated rings. The summed E-state index contributed by atoms with van der Waals surface area (Å²) in [6.07, 6.45) is 5.39. The average molecular weight is 459 g/mol. The van der Waals surface area contributed by atoms with Crippen molar-refractivity contribution in [3.63, 3.8) is 0 Å². The summed E-state index contributed by atoms with van der Waals surface area (Å²) >= 11 is 0. The van der Waals surface area contributed by atoms with Gasteiger partial charge in [0.05, 0.1) is 6.21 Å². The van der Waals surface area contributed by atoms with Gasteiger partial charge in [-0.15, -0.1) is 0 Å². The minimum atomic E-state index is -0.382. The van der Waals surface area contributed by atoms with E-state index in [0.29, 0.717) is 19.3 Å². The fraction of sp³-hybridized carbons (Fsp3) is 0.222. The number of hydrogen-bond acceptors (Lipinski definition) is 5. The first-order chi connectivity index (χ1) is 16.7. The third-order valence-corrected chi connectivity index (χ3v) is 5.27. The molecule has 0 aliphatic rings. The fourth-order valence-corrected chi connectivity index (χ4v) is 3.53. The van der Waals surface area contributed by atoms with Gasteiger partial charge in [0.2, 0.25) is 11.8 Å². The zero-order valence-electron chi connectivity index (χ0n) is 19.1. The monoisotopic (exact) mass is 458 g/mol. The summed E-state index contributed by atoms with van der Waals surface area (Å²) in [5.74, 6) is -0.520. The molecular formula is C27H30N4O3. The third-order valence-electron chi connectivity index (χ3n) is 5.27. The van der Waals surface area contributed by atoms with Crippen LogP contribution in [0.4, 0.5) is 17.1 Å². The molecule has 2 amide bonds. The molecule has 3 aromatic carbocycles. The van der Waals surface area contributed by atoms with Crippen LogP contribution in [0.1, 0.15) is 44.1 Å². The van der Waals surface area contributed by atoms with Crippen molar-refractivity contribution in [3.05, 3.63) is 90.5 Å². The first kappa shape index (κ1) is 24.7. The summed E-state index contributed by atoms with van der Waals surface area (Å²) in [6, 6.07) is 28.4. The van der Waals surface area contributed by atoms with Crippen LogP contribution in [0, 0.1) is 0 Å². The Morgan fingerprint density at radius 2 is 1.21 bits per heavy atom. The largest absolute Gasteiger partial charge is 0.311 e. The van der Waals surface area contributed by atoms with E-state index in [1.165, 1.54) is 0 Å². The summed E-state index contributed by atoms with van der Waals surface area (Å²) in [4.78, 5) is 25.1. The normalized spacial score (nSPS) is 10.7. The topological polar surface area (TPSA) is 94.0 Å². The predicted molar refractivity (Wildman–Crippen MR) is 134 cm³/mol. The molecule has 3 aromatic rings. The molecule has 0 bridgehead atoms. The van der Waals surface area contributed by atoms with Crippen LogP contribution < -0.4 is 15.8 Å². The van der Waals surface area contributed by atoms with E-state index in [2.05, 4.69) is 39.7 Å². The fourth-order valence-electron chi connectivity index (χ4n) is 3.53. The minimum Gasteiger partial charge on any atom is -0.311 e. The highest BCUT2D eigenvalue weighted by atomic mass is 16.5. The van der Waals surface area contributed by atoms with Crippen LogP contribution in [0.3, 0.4) is 0 Å². The lowest BCUT2D eigenvalue weighted by Crippen LogP contribution is -2.18. The van der Waals surface area contributed by atoms with Crippen LogP contribution in [0.15, 0.2) is 90.0 Å². The number of nitrogens with one attached hydrogen (secondary N) is 2. The Morgan fingerprint density at radius 3 is 1.74 bits per heavy atom. The first-order valence-electron chi connectivity index (χ1n) is 11.4. The lowest BCUT2D eigenvalue weighted by atomic mass is 10.1.